The summed E-state index contributed by atoms with van der Waals surface area (Å²) in [6, 6.07) is 12.0. The summed E-state index contributed by atoms with van der Waals surface area (Å²) in [5, 5.41) is 31.6. The molecule has 1 aliphatic rings. The summed E-state index contributed by atoms with van der Waals surface area (Å²) < 4.78 is 28.3. The van der Waals surface area contributed by atoms with Crippen LogP contribution >= 0.6 is 0 Å². The van der Waals surface area contributed by atoms with E-state index in [0.29, 0.717) is 5.56 Å². The number of esters is 1. The summed E-state index contributed by atoms with van der Waals surface area (Å²) in [5.41, 5.74) is 1.24. The van der Waals surface area contributed by atoms with Crippen molar-refractivity contribution in [2.45, 2.75) is 44.1 Å². The van der Waals surface area contributed by atoms with Crippen LogP contribution in [0.2, 0.25) is 0 Å². The number of aliphatic hydroxyl groups excluding tert-OH is 3. The van der Waals surface area contributed by atoms with Crippen molar-refractivity contribution in [3.05, 3.63) is 81.2 Å². The summed E-state index contributed by atoms with van der Waals surface area (Å²) in [6.07, 6.45) is -4.43. The molecule has 0 amide bonds. The van der Waals surface area contributed by atoms with Crippen LogP contribution in [-0.2, 0) is 25.6 Å². The molecule has 38 heavy (non-hydrogen) atoms. The van der Waals surface area contributed by atoms with Gasteiger partial charge in [-0.1, -0.05) is 30.3 Å². The molecule has 202 valence electrons. The zero-order valence-corrected chi connectivity index (χ0v) is 21.2. The number of fused-ring (bicyclic) bond motifs is 1. The molecule has 1 saturated heterocycles. The molecule has 1 aromatic heterocycles. The number of aliphatic hydroxyl groups is 3. The van der Waals surface area contributed by atoms with Gasteiger partial charge in [0.15, 0.2) is 11.5 Å². The van der Waals surface area contributed by atoms with Gasteiger partial charge in [0.1, 0.15) is 48.1 Å². The van der Waals surface area contributed by atoms with E-state index in [1.54, 1.807) is 25.1 Å². The molecule has 4 rings (SSSR count). The first kappa shape index (κ1) is 27.5. The Labute approximate surface area is 218 Å². The highest BCUT2D eigenvalue weighted by atomic mass is 16.6. The molecular formula is C28H30O10. The molecule has 0 aliphatic carbocycles. The molecule has 0 saturated carbocycles. The highest BCUT2D eigenvalue weighted by Crippen LogP contribution is 2.43. The molecule has 1 aliphatic heterocycles. The van der Waals surface area contributed by atoms with Gasteiger partial charge in [0.05, 0.1) is 24.7 Å². The summed E-state index contributed by atoms with van der Waals surface area (Å²) in [5.74, 6) is -0.342. The van der Waals surface area contributed by atoms with Gasteiger partial charge in [-0.05, 0) is 30.2 Å². The van der Waals surface area contributed by atoms with Crippen LogP contribution in [0.4, 0.5) is 0 Å². The average molecular weight is 527 g/mol. The number of ether oxygens (including phenoxy) is 4. The summed E-state index contributed by atoms with van der Waals surface area (Å²) in [7, 11) is 2.86. The normalized spacial score (nSPS) is 23.6. The molecule has 0 radical (unpaired) electrons. The molecule has 3 N–H and O–H groups in total. The molecule has 2 heterocycles. The predicted octanol–water partition coefficient (Wildman–Crippen LogP) is 2.04. The van der Waals surface area contributed by atoms with E-state index in [1.807, 2.05) is 18.2 Å². The number of carbonyl (C=O) groups is 1. The maximum Gasteiger partial charge on any atom is 0.331 e. The largest absolute Gasteiger partial charge is 0.496 e. The molecule has 10 nitrogen and oxygen atoms in total. The van der Waals surface area contributed by atoms with Crippen molar-refractivity contribution < 1.29 is 43.5 Å². The van der Waals surface area contributed by atoms with Crippen molar-refractivity contribution in [1.82, 2.24) is 0 Å². The zero-order valence-electron chi connectivity index (χ0n) is 21.2. The van der Waals surface area contributed by atoms with Crippen LogP contribution in [0.5, 0.6) is 5.75 Å². The van der Waals surface area contributed by atoms with Crippen molar-refractivity contribution in [3.8, 4) is 5.75 Å². The maximum atomic E-state index is 13.0. The van der Waals surface area contributed by atoms with Crippen LogP contribution in [0.1, 0.15) is 28.6 Å². The van der Waals surface area contributed by atoms with Gasteiger partial charge in [-0.25, -0.2) is 4.79 Å². The number of aryl methyl sites for hydroxylation is 1. The van der Waals surface area contributed by atoms with Crippen molar-refractivity contribution >= 4 is 23.0 Å². The lowest BCUT2D eigenvalue weighted by atomic mass is 9.89. The van der Waals surface area contributed by atoms with E-state index in [1.165, 1.54) is 32.4 Å². The predicted molar refractivity (Wildman–Crippen MR) is 137 cm³/mol. The first-order valence-corrected chi connectivity index (χ1v) is 12.0. The van der Waals surface area contributed by atoms with Gasteiger partial charge in [0.25, 0.3) is 0 Å². The summed E-state index contributed by atoms with van der Waals surface area (Å²) >= 11 is 0. The summed E-state index contributed by atoms with van der Waals surface area (Å²) in [6.45, 7) is 1.09. The van der Waals surface area contributed by atoms with Gasteiger partial charge in [-0.3, -0.25) is 4.79 Å². The standard InChI is InChI=1S/C28H30O10/c1-15-11-19(35-3)23(26-22(15)18(30)12-17(36-26)14-34-2)27-28(25(33)24(32)20(13-29)37-27)38-21(31)10-9-16-7-5-4-6-8-16/h4-12,20,24-25,27-29,32-33H,13-14H2,1-3H3/b10-9+. The molecule has 0 spiro atoms. The second-order valence-corrected chi connectivity index (χ2v) is 8.93. The number of carbonyl (C=O) groups excluding carboxylic acids is 1. The van der Waals surface area contributed by atoms with Gasteiger partial charge in [-0.2, -0.15) is 0 Å². The number of hydrogen-bond acceptors (Lipinski definition) is 10. The van der Waals surface area contributed by atoms with E-state index in [0.717, 1.165) is 5.56 Å². The van der Waals surface area contributed by atoms with Gasteiger partial charge in [-0.15, -0.1) is 0 Å². The smallest absolute Gasteiger partial charge is 0.331 e. The second kappa shape index (κ2) is 11.9. The number of benzene rings is 2. The quantitative estimate of drug-likeness (QED) is 0.294. The topological polar surface area (TPSA) is 145 Å². The van der Waals surface area contributed by atoms with E-state index in [-0.39, 0.29) is 40.1 Å². The zero-order chi connectivity index (χ0) is 27.4. The minimum absolute atomic E-state index is 0.00962. The summed E-state index contributed by atoms with van der Waals surface area (Å²) in [4.78, 5) is 25.8. The SMILES string of the molecule is COCc1cc(=O)c2c(C)cc(OC)c(C3OC(CO)C(O)C(O)C3OC(=O)/C=C/c3ccccc3)c2o1. The minimum atomic E-state index is -1.64. The van der Waals surface area contributed by atoms with Crippen LogP contribution in [-0.4, -0.2) is 66.5 Å². The molecule has 1 fully saturated rings. The van der Waals surface area contributed by atoms with Crippen LogP contribution in [0, 0.1) is 6.92 Å². The Morgan fingerprint density at radius 3 is 2.50 bits per heavy atom. The third-order valence-corrected chi connectivity index (χ3v) is 6.37. The third-order valence-electron chi connectivity index (χ3n) is 6.37. The monoisotopic (exact) mass is 526 g/mol. The fourth-order valence-electron chi connectivity index (χ4n) is 4.57. The third kappa shape index (κ3) is 5.50. The van der Waals surface area contributed by atoms with Gasteiger partial charge >= 0.3 is 5.97 Å². The van der Waals surface area contributed by atoms with E-state index in [9.17, 15) is 24.9 Å². The Hall–Kier alpha value is -3.54. The van der Waals surface area contributed by atoms with E-state index < -0.39 is 43.1 Å². The van der Waals surface area contributed by atoms with Crippen molar-refractivity contribution in [3.63, 3.8) is 0 Å². The van der Waals surface area contributed by atoms with Crippen molar-refractivity contribution in [2.75, 3.05) is 20.8 Å². The van der Waals surface area contributed by atoms with Crippen LogP contribution in [0.3, 0.4) is 0 Å². The number of rotatable bonds is 8. The molecule has 3 aromatic rings. The first-order chi connectivity index (χ1) is 18.3. The van der Waals surface area contributed by atoms with Gasteiger partial charge < -0.3 is 38.7 Å². The first-order valence-electron chi connectivity index (χ1n) is 12.0. The lowest BCUT2D eigenvalue weighted by Gasteiger charge is -2.42. The van der Waals surface area contributed by atoms with Crippen LogP contribution < -0.4 is 10.2 Å². The lowest BCUT2D eigenvalue weighted by Crippen LogP contribution is -2.56. The molecule has 2 aromatic carbocycles. The average Bonchev–Trinajstić information content (AvgIpc) is 2.91. The van der Waals surface area contributed by atoms with Gasteiger partial charge in [0.2, 0.25) is 0 Å². The van der Waals surface area contributed by atoms with Crippen molar-refractivity contribution in [2.24, 2.45) is 0 Å². The Kier molecular flexibility index (Phi) is 8.60. The highest BCUT2D eigenvalue weighted by Gasteiger charge is 2.48. The minimum Gasteiger partial charge on any atom is -0.496 e. The molecule has 10 heteroatoms. The molecule has 5 unspecified atom stereocenters. The lowest BCUT2D eigenvalue weighted by molar-refractivity contribution is -0.239. The second-order valence-electron chi connectivity index (χ2n) is 8.93. The van der Waals surface area contributed by atoms with Crippen LogP contribution in [0.15, 0.2) is 57.8 Å². The Morgan fingerprint density at radius 2 is 1.84 bits per heavy atom. The number of methoxy groups -OCH3 is 2. The highest BCUT2D eigenvalue weighted by molar-refractivity contribution is 5.88. The van der Waals surface area contributed by atoms with Gasteiger partial charge in [0, 0.05) is 19.3 Å². The maximum absolute atomic E-state index is 13.0. The Morgan fingerprint density at radius 1 is 1.11 bits per heavy atom. The van der Waals surface area contributed by atoms with E-state index >= 15 is 0 Å². The molecule has 0 bridgehead atoms. The Bertz CT molecular complexity index is 1360. The molecular weight excluding hydrogens is 496 g/mol. The fraction of sp³-hybridized carbons (Fsp3) is 0.357. The Balaban J connectivity index is 1.84. The number of hydrogen-bond donors (Lipinski definition) is 3. The fourth-order valence-corrected chi connectivity index (χ4v) is 4.57. The van der Waals surface area contributed by atoms with Crippen molar-refractivity contribution in [1.29, 1.82) is 0 Å². The van der Waals surface area contributed by atoms with E-state index in [4.69, 9.17) is 23.4 Å². The van der Waals surface area contributed by atoms with E-state index in [2.05, 4.69) is 0 Å². The van der Waals surface area contributed by atoms with Crippen LogP contribution in [0.25, 0.3) is 17.0 Å². The molecule has 5 atom stereocenters.